The number of ether oxygens (including phenoxy) is 1. The van der Waals surface area contributed by atoms with Crippen LogP contribution in [0.5, 0.6) is 5.75 Å². The van der Waals surface area contributed by atoms with Crippen molar-refractivity contribution in [1.29, 1.82) is 0 Å². The van der Waals surface area contributed by atoms with Crippen LogP contribution in [0.1, 0.15) is 44.6 Å². The van der Waals surface area contributed by atoms with Gasteiger partial charge in [-0.2, -0.15) is 8.78 Å². The van der Waals surface area contributed by atoms with Crippen molar-refractivity contribution in [3.8, 4) is 5.75 Å². The molecular formula is C17H25F2NO2. The van der Waals surface area contributed by atoms with Gasteiger partial charge in [-0.05, 0) is 50.3 Å². The fraction of sp³-hybridized carbons (Fsp3) is 0.647. The Bertz CT molecular complexity index is 439. The summed E-state index contributed by atoms with van der Waals surface area (Å²) in [6.45, 7) is -0.660. The van der Waals surface area contributed by atoms with E-state index in [-0.39, 0.29) is 17.9 Å². The predicted molar refractivity (Wildman–Crippen MR) is 82.3 cm³/mol. The minimum absolute atomic E-state index is 0.190. The molecule has 0 aliphatic heterocycles. The molecule has 1 aliphatic carbocycles. The molecule has 5 heteroatoms. The number of hydrogen-bond donors (Lipinski definition) is 2. The molecule has 0 spiro atoms. The molecule has 0 bridgehead atoms. The Morgan fingerprint density at radius 1 is 1.23 bits per heavy atom. The van der Waals surface area contributed by atoms with E-state index in [2.05, 4.69) is 17.0 Å². The average Bonchev–Trinajstić information content (AvgIpc) is 2.48. The summed E-state index contributed by atoms with van der Waals surface area (Å²) in [5, 5.41) is 13.5. The van der Waals surface area contributed by atoms with E-state index >= 15 is 0 Å². The summed E-state index contributed by atoms with van der Waals surface area (Å²) in [5.41, 5.74) is 1.10. The summed E-state index contributed by atoms with van der Waals surface area (Å²) in [5.74, 6) is 0.190. The zero-order valence-electron chi connectivity index (χ0n) is 13.0. The SMILES string of the molecule is CC(CCc1ccc(OC(F)F)cc1)NC1CCCCC1O. The van der Waals surface area contributed by atoms with Crippen LogP contribution in [-0.2, 0) is 6.42 Å². The first-order chi connectivity index (χ1) is 10.5. The second kappa shape index (κ2) is 8.44. The lowest BCUT2D eigenvalue weighted by Crippen LogP contribution is -2.46. The Hall–Kier alpha value is -1.20. The summed E-state index contributed by atoms with van der Waals surface area (Å²) in [6.07, 6.45) is 5.78. The molecule has 0 aromatic heterocycles. The number of rotatable bonds is 7. The number of nitrogens with one attached hydrogen (secondary N) is 1. The molecule has 0 saturated heterocycles. The van der Waals surface area contributed by atoms with Gasteiger partial charge in [-0.1, -0.05) is 25.0 Å². The van der Waals surface area contributed by atoms with Crippen LogP contribution in [0.25, 0.3) is 0 Å². The summed E-state index contributed by atoms with van der Waals surface area (Å²) in [6, 6.07) is 7.30. The quantitative estimate of drug-likeness (QED) is 0.809. The fourth-order valence-corrected chi connectivity index (χ4v) is 2.98. The highest BCUT2D eigenvalue weighted by Crippen LogP contribution is 2.20. The van der Waals surface area contributed by atoms with E-state index in [9.17, 15) is 13.9 Å². The van der Waals surface area contributed by atoms with Crippen molar-refractivity contribution in [3.05, 3.63) is 29.8 Å². The van der Waals surface area contributed by atoms with E-state index in [1.165, 1.54) is 6.42 Å². The maximum atomic E-state index is 12.1. The number of alkyl halides is 2. The molecule has 2 N–H and O–H groups in total. The Balaban J connectivity index is 1.74. The Morgan fingerprint density at radius 3 is 2.55 bits per heavy atom. The van der Waals surface area contributed by atoms with Gasteiger partial charge in [0.1, 0.15) is 5.75 Å². The van der Waals surface area contributed by atoms with Gasteiger partial charge in [-0.25, -0.2) is 0 Å². The predicted octanol–water partition coefficient (Wildman–Crippen LogP) is 3.50. The zero-order chi connectivity index (χ0) is 15.9. The molecule has 2 rings (SSSR count). The van der Waals surface area contributed by atoms with E-state index in [1.54, 1.807) is 12.1 Å². The number of aliphatic hydroxyl groups excluding tert-OH is 1. The second-order valence-corrected chi connectivity index (χ2v) is 6.09. The minimum Gasteiger partial charge on any atom is -0.435 e. The first kappa shape index (κ1) is 17.2. The van der Waals surface area contributed by atoms with Crippen LogP contribution >= 0.6 is 0 Å². The van der Waals surface area contributed by atoms with Crippen LogP contribution in [0.4, 0.5) is 8.78 Å². The molecule has 1 aromatic carbocycles. The van der Waals surface area contributed by atoms with Gasteiger partial charge in [0.05, 0.1) is 6.10 Å². The van der Waals surface area contributed by atoms with Gasteiger partial charge < -0.3 is 15.2 Å². The Labute approximate surface area is 130 Å². The third-order valence-corrected chi connectivity index (χ3v) is 4.24. The highest BCUT2D eigenvalue weighted by molar-refractivity contribution is 5.27. The molecule has 22 heavy (non-hydrogen) atoms. The van der Waals surface area contributed by atoms with E-state index in [4.69, 9.17) is 0 Å². The molecule has 3 nitrogen and oxygen atoms in total. The molecular weight excluding hydrogens is 288 g/mol. The lowest BCUT2D eigenvalue weighted by Gasteiger charge is -2.31. The Morgan fingerprint density at radius 2 is 1.91 bits per heavy atom. The summed E-state index contributed by atoms with van der Waals surface area (Å²) in [4.78, 5) is 0. The monoisotopic (exact) mass is 313 g/mol. The van der Waals surface area contributed by atoms with E-state index in [0.29, 0.717) is 6.04 Å². The molecule has 1 fully saturated rings. The summed E-state index contributed by atoms with van der Waals surface area (Å²) in [7, 11) is 0. The normalized spacial score (nSPS) is 23.5. The highest BCUT2D eigenvalue weighted by atomic mass is 19.3. The third-order valence-electron chi connectivity index (χ3n) is 4.24. The fourth-order valence-electron chi connectivity index (χ4n) is 2.98. The van der Waals surface area contributed by atoms with Crippen LogP contribution in [0, 0.1) is 0 Å². The van der Waals surface area contributed by atoms with Gasteiger partial charge in [0, 0.05) is 12.1 Å². The average molecular weight is 313 g/mol. The van der Waals surface area contributed by atoms with Crippen molar-refractivity contribution in [3.63, 3.8) is 0 Å². The van der Waals surface area contributed by atoms with Crippen LogP contribution in [-0.4, -0.2) is 29.9 Å². The molecule has 1 saturated carbocycles. The lowest BCUT2D eigenvalue weighted by atomic mass is 9.91. The topological polar surface area (TPSA) is 41.5 Å². The zero-order valence-corrected chi connectivity index (χ0v) is 13.0. The Kier molecular flexibility index (Phi) is 6.58. The number of hydrogen-bond acceptors (Lipinski definition) is 3. The first-order valence-corrected chi connectivity index (χ1v) is 8.02. The third kappa shape index (κ3) is 5.54. The molecule has 0 amide bonds. The maximum absolute atomic E-state index is 12.1. The van der Waals surface area contributed by atoms with Crippen LogP contribution in [0.3, 0.4) is 0 Å². The number of aryl methyl sites for hydroxylation is 1. The van der Waals surface area contributed by atoms with Gasteiger partial charge in [-0.15, -0.1) is 0 Å². The second-order valence-electron chi connectivity index (χ2n) is 6.09. The molecule has 124 valence electrons. The van der Waals surface area contributed by atoms with Gasteiger partial charge in [0.25, 0.3) is 0 Å². The summed E-state index contributed by atoms with van der Waals surface area (Å²) >= 11 is 0. The molecule has 1 aromatic rings. The van der Waals surface area contributed by atoms with E-state index in [1.807, 2.05) is 12.1 Å². The molecule has 1 aliphatic rings. The molecule has 0 radical (unpaired) electrons. The molecule has 0 heterocycles. The lowest BCUT2D eigenvalue weighted by molar-refractivity contribution is -0.0498. The number of halogens is 2. The number of aliphatic hydroxyl groups is 1. The maximum Gasteiger partial charge on any atom is 0.387 e. The molecule has 3 unspecified atom stereocenters. The van der Waals surface area contributed by atoms with E-state index < -0.39 is 6.61 Å². The van der Waals surface area contributed by atoms with Crippen molar-refractivity contribution in [2.75, 3.05) is 0 Å². The van der Waals surface area contributed by atoms with Gasteiger partial charge in [-0.3, -0.25) is 0 Å². The van der Waals surface area contributed by atoms with Crippen molar-refractivity contribution in [1.82, 2.24) is 5.32 Å². The van der Waals surface area contributed by atoms with Crippen LogP contribution in [0.2, 0.25) is 0 Å². The van der Waals surface area contributed by atoms with Gasteiger partial charge >= 0.3 is 6.61 Å². The largest absolute Gasteiger partial charge is 0.435 e. The van der Waals surface area contributed by atoms with Crippen LogP contribution in [0.15, 0.2) is 24.3 Å². The number of benzene rings is 1. The van der Waals surface area contributed by atoms with Gasteiger partial charge in [0.2, 0.25) is 0 Å². The van der Waals surface area contributed by atoms with Crippen LogP contribution < -0.4 is 10.1 Å². The minimum atomic E-state index is -2.78. The van der Waals surface area contributed by atoms with Crippen molar-refractivity contribution >= 4 is 0 Å². The van der Waals surface area contributed by atoms with Crippen molar-refractivity contribution < 1.29 is 18.6 Å². The smallest absolute Gasteiger partial charge is 0.387 e. The summed E-state index contributed by atoms with van der Waals surface area (Å²) < 4.78 is 28.5. The van der Waals surface area contributed by atoms with Gasteiger partial charge in [0.15, 0.2) is 0 Å². The van der Waals surface area contributed by atoms with E-state index in [0.717, 1.165) is 37.7 Å². The molecule has 3 atom stereocenters. The van der Waals surface area contributed by atoms with Crippen molar-refractivity contribution in [2.45, 2.75) is 70.2 Å². The van der Waals surface area contributed by atoms with Crippen molar-refractivity contribution in [2.24, 2.45) is 0 Å². The highest BCUT2D eigenvalue weighted by Gasteiger charge is 2.23. The first-order valence-electron chi connectivity index (χ1n) is 8.02. The standard InChI is InChI=1S/C17H25F2NO2/c1-12(20-15-4-2-3-5-16(15)21)6-7-13-8-10-14(11-9-13)22-17(18)19/h8-12,15-17,20-21H,2-7H2,1H3.